The van der Waals surface area contributed by atoms with E-state index in [0.717, 1.165) is 5.56 Å². The summed E-state index contributed by atoms with van der Waals surface area (Å²) in [7, 11) is 0. The molecule has 0 unspecified atom stereocenters. The molecule has 28 heavy (non-hydrogen) atoms. The molecule has 0 saturated carbocycles. The van der Waals surface area contributed by atoms with E-state index in [4.69, 9.17) is 5.11 Å². The lowest BCUT2D eigenvalue weighted by molar-refractivity contribution is -0.139. The maximum Gasteiger partial charge on any atom is 0.305 e. The minimum absolute atomic E-state index is 0.00178. The molecule has 6 nitrogen and oxygen atoms in total. The van der Waals surface area contributed by atoms with Gasteiger partial charge in [-0.05, 0) is 29.5 Å². The number of likely N-dealkylation sites (tertiary alicyclic amines) is 1. The number of aliphatic hydroxyl groups excluding tert-OH is 2. The van der Waals surface area contributed by atoms with Crippen LogP contribution in [0.25, 0.3) is 0 Å². The summed E-state index contributed by atoms with van der Waals surface area (Å²) >= 11 is 0. The molecule has 1 amide bonds. The number of nitrogens with zero attached hydrogens (tertiary/aromatic N) is 1. The van der Waals surface area contributed by atoms with Crippen molar-refractivity contribution in [3.05, 3.63) is 47.8 Å². The Morgan fingerprint density at radius 1 is 1.29 bits per heavy atom. The van der Waals surface area contributed by atoms with Crippen molar-refractivity contribution in [1.82, 2.24) is 4.90 Å². The number of rotatable bonds is 9. The first kappa shape index (κ1) is 22.0. The second-order valence-corrected chi connectivity index (χ2v) is 7.69. The van der Waals surface area contributed by atoms with Crippen LogP contribution in [-0.2, 0) is 16.1 Å². The average molecular weight is 393 g/mol. The molecular formula is C21H28FNO5. The monoisotopic (exact) mass is 393 g/mol. The number of carbonyl (C=O) groups excluding carboxylic acids is 1. The van der Waals surface area contributed by atoms with Crippen molar-refractivity contribution in [2.24, 2.45) is 11.8 Å². The van der Waals surface area contributed by atoms with Crippen molar-refractivity contribution in [1.29, 1.82) is 0 Å². The van der Waals surface area contributed by atoms with Crippen LogP contribution in [0.4, 0.5) is 4.39 Å². The molecule has 1 aliphatic heterocycles. The molecular weight excluding hydrogens is 365 g/mol. The van der Waals surface area contributed by atoms with Crippen LogP contribution in [0.2, 0.25) is 0 Å². The number of carbonyl (C=O) groups is 2. The number of benzene rings is 1. The molecule has 154 valence electrons. The third-order valence-electron chi connectivity index (χ3n) is 5.11. The molecule has 4 atom stereocenters. The van der Waals surface area contributed by atoms with Gasteiger partial charge in [0.05, 0.1) is 24.7 Å². The Morgan fingerprint density at radius 3 is 2.50 bits per heavy atom. The molecule has 0 spiro atoms. The van der Waals surface area contributed by atoms with Gasteiger partial charge in [-0.25, -0.2) is 4.39 Å². The third-order valence-corrected chi connectivity index (χ3v) is 5.11. The third kappa shape index (κ3) is 6.14. The number of amides is 1. The van der Waals surface area contributed by atoms with Crippen LogP contribution in [0.15, 0.2) is 36.4 Å². The zero-order chi connectivity index (χ0) is 20.8. The van der Waals surface area contributed by atoms with E-state index in [9.17, 15) is 24.2 Å². The van der Waals surface area contributed by atoms with E-state index < -0.39 is 24.6 Å². The molecule has 1 fully saturated rings. The van der Waals surface area contributed by atoms with Crippen molar-refractivity contribution < 1.29 is 29.3 Å². The van der Waals surface area contributed by atoms with Crippen molar-refractivity contribution in [2.75, 3.05) is 0 Å². The van der Waals surface area contributed by atoms with Crippen LogP contribution in [0, 0.1) is 17.7 Å². The molecule has 1 heterocycles. The minimum atomic E-state index is -1.14. The highest BCUT2D eigenvalue weighted by Gasteiger charge is 2.39. The molecule has 2 rings (SSSR count). The first-order valence-electron chi connectivity index (χ1n) is 9.47. The van der Waals surface area contributed by atoms with Gasteiger partial charge in [-0.1, -0.05) is 38.1 Å². The lowest BCUT2D eigenvalue weighted by Gasteiger charge is -2.28. The van der Waals surface area contributed by atoms with Gasteiger partial charge in [0.15, 0.2) is 0 Å². The zero-order valence-electron chi connectivity index (χ0n) is 16.2. The fraction of sp³-hybridized carbons (Fsp3) is 0.524. The quantitative estimate of drug-likeness (QED) is 0.560. The van der Waals surface area contributed by atoms with Crippen LogP contribution in [0.1, 0.15) is 38.7 Å². The molecule has 7 heteroatoms. The van der Waals surface area contributed by atoms with Gasteiger partial charge < -0.3 is 20.2 Å². The molecule has 1 aromatic rings. The minimum Gasteiger partial charge on any atom is -0.481 e. The molecule has 1 aromatic carbocycles. The zero-order valence-corrected chi connectivity index (χ0v) is 16.2. The fourth-order valence-electron chi connectivity index (χ4n) is 3.58. The molecule has 0 radical (unpaired) electrons. The summed E-state index contributed by atoms with van der Waals surface area (Å²) in [4.78, 5) is 24.9. The number of hydrogen-bond acceptors (Lipinski definition) is 4. The van der Waals surface area contributed by atoms with Crippen LogP contribution in [0.5, 0.6) is 0 Å². The SMILES string of the molecule is CC(C)[C@H]1CC(=O)N(Cc2ccc(F)cc2)[C@@H]1/C=C/[C@@H](O)C[C@@H](O)CC(=O)O. The largest absolute Gasteiger partial charge is 0.481 e. The second kappa shape index (κ2) is 9.80. The van der Waals surface area contributed by atoms with E-state index in [1.807, 2.05) is 13.8 Å². The Bertz CT molecular complexity index is 703. The number of aliphatic carboxylic acids is 1. The summed E-state index contributed by atoms with van der Waals surface area (Å²) in [6.45, 7) is 4.41. The van der Waals surface area contributed by atoms with E-state index in [2.05, 4.69) is 0 Å². The highest BCUT2D eigenvalue weighted by Crippen LogP contribution is 2.33. The first-order valence-corrected chi connectivity index (χ1v) is 9.47. The van der Waals surface area contributed by atoms with E-state index in [1.54, 1.807) is 23.1 Å². The second-order valence-electron chi connectivity index (χ2n) is 7.69. The van der Waals surface area contributed by atoms with Gasteiger partial charge >= 0.3 is 5.97 Å². The Hall–Kier alpha value is -2.25. The lowest BCUT2D eigenvalue weighted by atomic mass is 9.88. The number of hydrogen-bond donors (Lipinski definition) is 3. The fourth-order valence-corrected chi connectivity index (χ4v) is 3.58. The van der Waals surface area contributed by atoms with Crippen molar-refractivity contribution in [3.63, 3.8) is 0 Å². The van der Waals surface area contributed by atoms with Gasteiger partial charge in [0, 0.05) is 19.4 Å². The summed E-state index contributed by atoms with van der Waals surface area (Å²) in [5, 5.41) is 28.5. The standard InChI is InChI=1S/C21H28FNO5/c1-13(2)18-11-20(26)23(12-14-3-5-15(22)6-4-14)19(18)8-7-16(24)9-17(25)10-21(27)28/h3-8,13,16-19,24-25H,9-12H2,1-2H3,(H,27,28)/b8-7+/t16-,17-,18-,19-/m1/s1. The summed E-state index contributed by atoms with van der Waals surface area (Å²) in [6.07, 6.45) is 1.000. The normalized spacial score (nSPS) is 22.2. The summed E-state index contributed by atoms with van der Waals surface area (Å²) in [5.74, 6) is -1.16. The van der Waals surface area contributed by atoms with Crippen LogP contribution >= 0.6 is 0 Å². The molecule has 3 N–H and O–H groups in total. The van der Waals surface area contributed by atoms with Gasteiger partial charge in [0.2, 0.25) is 5.91 Å². The smallest absolute Gasteiger partial charge is 0.305 e. The Morgan fingerprint density at radius 2 is 1.93 bits per heavy atom. The molecule has 1 saturated heterocycles. The Kier molecular flexibility index (Phi) is 7.71. The molecule has 1 aliphatic rings. The predicted octanol–water partition coefficient (Wildman–Crippen LogP) is 2.34. The molecule has 0 aromatic heterocycles. The van der Waals surface area contributed by atoms with Crippen LogP contribution in [0.3, 0.4) is 0 Å². The van der Waals surface area contributed by atoms with Gasteiger partial charge in [0.1, 0.15) is 5.82 Å². The summed E-state index contributed by atoms with van der Waals surface area (Å²) < 4.78 is 13.1. The number of aliphatic hydroxyl groups is 2. The average Bonchev–Trinajstić information content (AvgIpc) is 2.90. The Balaban J connectivity index is 2.11. The predicted molar refractivity (Wildman–Crippen MR) is 102 cm³/mol. The Labute approximate surface area is 164 Å². The van der Waals surface area contributed by atoms with Gasteiger partial charge in [0.25, 0.3) is 0 Å². The van der Waals surface area contributed by atoms with E-state index >= 15 is 0 Å². The maximum absolute atomic E-state index is 13.1. The van der Waals surface area contributed by atoms with Gasteiger partial charge in [-0.3, -0.25) is 9.59 Å². The summed E-state index contributed by atoms with van der Waals surface area (Å²) in [6, 6.07) is 5.76. The van der Waals surface area contributed by atoms with E-state index in [0.29, 0.717) is 13.0 Å². The number of carboxylic acid groups (broad SMARTS) is 1. The van der Waals surface area contributed by atoms with E-state index in [-0.39, 0.29) is 36.0 Å². The van der Waals surface area contributed by atoms with Crippen molar-refractivity contribution >= 4 is 11.9 Å². The number of carboxylic acids is 1. The number of halogens is 1. The van der Waals surface area contributed by atoms with Crippen molar-refractivity contribution in [3.8, 4) is 0 Å². The lowest BCUT2D eigenvalue weighted by Crippen LogP contribution is -2.35. The molecule has 0 bridgehead atoms. The van der Waals surface area contributed by atoms with Crippen molar-refractivity contribution in [2.45, 2.75) is 57.9 Å². The summed E-state index contributed by atoms with van der Waals surface area (Å²) in [5.41, 5.74) is 0.815. The van der Waals surface area contributed by atoms with Crippen LogP contribution < -0.4 is 0 Å². The highest BCUT2D eigenvalue weighted by atomic mass is 19.1. The first-order chi connectivity index (χ1) is 13.2. The topological polar surface area (TPSA) is 98.1 Å². The van der Waals surface area contributed by atoms with Gasteiger partial charge in [-0.15, -0.1) is 0 Å². The van der Waals surface area contributed by atoms with Gasteiger partial charge in [-0.2, -0.15) is 0 Å². The maximum atomic E-state index is 13.1. The van der Waals surface area contributed by atoms with E-state index in [1.165, 1.54) is 18.2 Å². The molecule has 0 aliphatic carbocycles. The van der Waals surface area contributed by atoms with Crippen LogP contribution in [-0.4, -0.2) is 50.3 Å². The highest BCUT2D eigenvalue weighted by molar-refractivity contribution is 5.79.